The maximum absolute atomic E-state index is 14.4. The SMILES string of the molecule is CS(=O)(=O)NCc1cc(F)cc(-c2cn([C@H]3C[C@@H](CN4CCC4)C3)c3ncnc(N)c23)c1. The summed E-state index contributed by atoms with van der Waals surface area (Å²) < 4.78 is 41.9. The largest absolute Gasteiger partial charge is 0.383 e. The van der Waals surface area contributed by atoms with Gasteiger partial charge in [0.25, 0.3) is 0 Å². The van der Waals surface area contributed by atoms with Crippen molar-refractivity contribution in [2.45, 2.75) is 31.8 Å². The molecule has 0 unspecified atom stereocenters. The number of hydrogen-bond acceptors (Lipinski definition) is 6. The monoisotopic (exact) mass is 458 g/mol. The van der Waals surface area contributed by atoms with E-state index in [9.17, 15) is 12.8 Å². The average molecular weight is 459 g/mol. The van der Waals surface area contributed by atoms with E-state index in [-0.39, 0.29) is 6.54 Å². The van der Waals surface area contributed by atoms with Crippen LogP contribution in [0.3, 0.4) is 0 Å². The fourth-order valence-electron chi connectivity index (χ4n) is 4.73. The van der Waals surface area contributed by atoms with E-state index in [1.54, 1.807) is 6.07 Å². The Kier molecular flexibility index (Phi) is 5.39. The molecule has 0 amide bonds. The third-order valence-corrected chi connectivity index (χ3v) is 7.18. The molecule has 1 aliphatic heterocycles. The van der Waals surface area contributed by atoms with E-state index in [1.165, 1.54) is 38.0 Å². The molecular weight excluding hydrogens is 431 g/mol. The zero-order valence-electron chi connectivity index (χ0n) is 18.0. The Hall–Kier alpha value is -2.56. The minimum Gasteiger partial charge on any atom is -0.383 e. The molecule has 3 heterocycles. The molecule has 3 aromatic rings. The second-order valence-corrected chi connectivity index (χ2v) is 10.8. The number of fused-ring (bicyclic) bond motifs is 1. The van der Waals surface area contributed by atoms with Crippen molar-refractivity contribution in [3.8, 4) is 11.1 Å². The number of anilines is 1. The van der Waals surface area contributed by atoms with Gasteiger partial charge < -0.3 is 15.2 Å². The first-order chi connectivity index (χ1) is 15.3. The maximum Gasteiger partial charge on any atom is 0.209 e. The molecule has 0 bridgehead atoms. The third kappa shape index (κ3) is 4.22. The van der Waals surface area contributed by atoms with Crippen LogP contribution in [0.25, 0.3) is 22.2 Å². The Morgan fingerprint density at radius 3 is 2.69 bits per heavy atom. The highest BCUT2D eigenvalue weighted by molar-refractivity contribution is 7.88. The van der Waals surface area contributed by atoms with E-state index in [1.807, 2.05) is 6.20 Å². The smallest absolute Gasteiger partial charge is 0.209 e. The van der Waals surface area contributed by atoms with E-state index in [4.69, 9.17) is 5.73 Å². The first-order valence-corrected chi connectivity index (χ1v) is 12.7. The Morgan fingerprint density at radius 1 is 1.22 bits per heavy atom. The molecule has 1 saturated heterocycles. The Labute approximate surface area is 186 Å². The molecule has 3 N–H and O–H groups in total. The van der Waals surface area contributed by atoms with Crippen LogP contribution in [0.2, 0.25) is 0 Å². The van der Waals surface area contributed by atoms with Crippen molar-refractivity contribution in [3.05, 3.63) is 42.1 Å². The molecule has 2 aromatic heterocycles. The first kappa shape index (κ1) is 21.3. The molecule has 1 aromatic carbocycles. The summed E-state index contributed by atoms with van der Waals surface area (Å²) in [6.07, 6.45) is 7.98. The molecule has 170 valence electrons. The van der Waals surface area contributed by atoms with Crippen LogP contribution in [0, 0.1) is 11.7 Å². The molecule has 2 fully saturated rings. The number of nitrogens with one attached hydrogen (secondary N) is 1. The van der Waals surface area contributed by atoms with E-state index in [2.05, 4.69) is 24.2 Å². The highest BCUT2D eigenvalue weighted by atomic mass is 32.2. The van der Waals surface area contributed by atoms with Gasteiger partial charge >= 0.3 is 0 Å². The predicted molar refractivity (Wildman–Crippen MR) is 122 cm³/mol. The van der Waals surface area contributed by atoms with Crippen LogP contribution in [0.1, 0.15) is 30.9 Å². The third-order valence-electron chi connectivity index (χ3n) is 6.52. The van der Waals surface area contributed by atoms with Crippen molar-refractivity contribution in [2.75, 3.05) is 31.6 Å². The van der Waals surface area contributed by atoms with E-state index >= 15 is 0 Å². The minimum absolute atomic E-state index is 0.00895. The van der Waals surface area contributed by atoms with Crippen molar-refractivity contribution >= 4 is 26.9 Å². The number of likely N-dealkylation sites (tertiary alicyclic amines) is 1. The molecule has 0 atom stereocenters. The van der Waals surface area contributed by atoms with E-state index in [0.29, 0.717) is 34.3 Å². The average Bonchev–Trinajstić information content (AvgIpc) is 3.04. The molecule has 1 saturated carbocycles. The molecule has 5 rings (SSSR count). The van der Waals surface area contributed by atoms with Crippen LogP contribution in [0.15, 0.2) is 30.7 Å². The zero-order valence-corrected chi connectivity index (χ0v) is 18.8. The molecule has 1 aliphatic carbocycles. The highest BCUT2D eigenvalue weighted by Crippen LogP contribution is 2.43. The molecule has 10 heteroatoms. The van der Waals surface area contributed by atoms with Crippen LogP contribution in [-0.4, -0.2) is 53.7 Å². The predicted octanol–water partition coefficient (Wildman–Crippen LogP) is 2.53. The lowest BCUT2D eigenvalue weighted by molar-refractivity contribution is 0.0921. The fourth-order valence-corrected chi connectivity index (χ4v) is 5.16. The minimum atomic E-state index is -3.39. The van der Waals surface area contributed by atoms with Gasteiger partial charge in [-0.2, -0.15) is 0 Å². The van der Waals surface area contributed by atoms with Gasteiger partial charge in [0.1, 0.15) is 23.6 Å². The van der Waals surface area contributed by atoms with Crippen molar-refractivity contribution in [1.29, 1.82) is 0 Å². The molecule has 0 radical (unpaired) electrons. The number of nitrogens with two attached hydrogens (primary N) is 1. The van der Waals surface area contributed by atoms with Crippen LogP contribution in [0.4, 0.5) is 10.2 Å². The number of nitrogen functional groups attached to an aromatic ring is 1. The van der Waals surface area contributed by atoms with Gasteiger partial charge in [0.15, 0.2) is 0 Å². The topological polar surface area (TPSA) is 106 Å². The Morgan fingerprint density at radius 2 is 2.00 bits per heavy atom. The van der Waals surface area contributed by atoms with Gasteiger partial charge in [-0.15, -0.1) is 0 Å². The van der Waals surface area contributed by atoms with E-state index < -0.39 is 15.8 Å². The van der Waals surface area contributed by atoms with Crippen molar-refractivity contribution in [1.82, 2.24) is 24.2 Å². The lowest BCUT2D eigenvalue weighted by atomic mass is 9.79. The summed E-state index contributed by atoms with van der Waals surface area (Å²) in [7, 11) is -3.39. The van der Waals surface area contributed by atoms with Gasteiger partial charge in [-0.1, -0.05) is 0 Å². The van der Waals surface area contributed by atoms with E-state index in [0.717, 1.165) is 36.9 Å². The molecule has 8 nitrogen and oxygen atoms in total. The van der Waals surface area contributed by atoms with Gasteiger partial charge in [0.05, 0.1) is 11.6 Å². The summed E-state index contributed by atoms with van der Waals surface area (Å²) in [5, 5.41) is 0.700. The van der Waals surface area contributed by atoms with Crippen LogP contribution >= 0.6 is 0 Å². The summed E-state index contributed by atoms with van der Waals surface area (Å²) >= 11 is 0. The van der Waals surface area contributed by atoms with Crippen LogP contribution in [-0.2, 0) is 16.6 Å². The van der Waals surface area contributed by atoms with Gasteiger partial charge in [0, 0.05) is 30.9 Å². The standard InChI is InChI=1S/C22H27FN6O2S/c1-32(30,31)27-10-14-5-16(9-17(23)6-14)19-12-29(22-20(19)21(24)25-13-26-22)18-7-15(8-18)11-28-3-2-4-28/h5-6,9,12-13,15,18,27H,2-4,7-8,10-11H2,1H3,(H2,24,25,26)/t15-,18+. The molecular formula is C22H27FN6O2S. The maximum atomic E-state index is 14.4. The molecule has 0 spiro atoms. The van der Waals surface area contributed by atoms with Crippen molar-refractivity contribution in [2.24, 2.45) is 5.92 Å². The normalized spacial score (nSPS) is 21.4. The quantitative estimate of drug-likeness (QED) is 0.564. The number of aromatic nitrogens is 3. The van der Waals surface area contributed by atoms with Crippen molar-refractivity contribution in [3.63, 3.8) is 0 Å². The Bertz CT molecular complexity index is 1260. The Balaban J connectivity index is 1.47. The van der Waals surface area contributed by atoms with Crippen molar-refractivity contribution < 1.29 is 12.8 Å². The first-order valence-electron chi connectivity index (χ1n) is 10.8. The lowest BCUT2D eigenvalue weighted by Crippen LogP contribution is -2.43. The summed E-state index contributed by atoms with van der Waals surface area (Å²) in [6, 6.07) is 4.86. The molecule has 32 heavy (non-hydrogen) atoms. The number of rotatable bonds is 7. The van der Waals surface area contributed by atoms with Crippen LogP contribution in [0.5, 0.6) is 0 Å². The van der Waals surface area contributed by atoms with Crippen LogP contribution < -0.4 is 10.5 Å². The number of benzene rings is 1. The fraction of sp³-hybridized carbons (Fsp3) is 0.455. The molecule has 2 aliphatic rings. The summed E-state index contributed by atoms with van der Waals surface area (Å²) in [5.74, 6) is 0.589. The number of nitrogens with zero attached hydrogens (tertiary/aromatic N) is 4. The lowest BCUT2D eigenvalue weighted by Gasteiger charge is -2.42. The number of sulfonamides is 1. The summed E-state index contributed by atoms with van der Waals surface area (Å²) in [6.45, 7) is 3.57. The summed E-state index contributed by atoms with van der Waals surface area (Å²) in [4.78, 5) is 11.2. The van der Waals surface area contributed by atoms with Gasteiger partial charge in [-0.25, -0.2) is 27.5 Å². The highest BCUT2D eigenvalue weighted by Gasteiger charge is 2.34. The second kappa shape index (κ2) is 8.09. The number of halogens is 1. The summed E-state index contributed by atoms with van der Waals surface area (Å²) in [5.41, 5.74) is 8.88. The van der Waals surface area contributed by atoms with Gasteiger partial charge in [-0.3, -0.25) is 0 Å². The second-order valence-electron chi connectivity index (χ2n) is 8.99. The van der Waals surface area contributed by atoms with Gasteiger partial charge in [-0.05, 0) is 67.6 Å². The number of hydrogen-bond donors (Lipinski definition) is 2. The zero-order chi connectivity index (χ0) is 22.5. The van der Waals surface area contributed by atoms with Gasteiger partial charge in [0.2, 0.25) is 10.0 Å².